The molecule has 0 aliphatic rings. The fraction of sp³-hybridized carbons (Fsp3) is 0.429. The van der Waals surface area contributed by atoms with Gasteiger partial charge in [0.25, 0.3) is 0 Å². The van der Waals surface area contributed by atoms with Crippen molar-refractivity contribution in [3.05, 3.63) is 35.2 Å². The molecule has 0 saturated carbocycles. The van der Waals surface area contributed by atoms with Crippen molar-refractivity contribution in [3.8, 4) is 0 Å². The molecule has 1 aromatic carbocycles. The number of hydrogen-bond donors (Lipinski definition) is 1. The largest absolute Gasteiger partial charge is 0.308 e. The van der Waals surface area contributed by atoms with Gasteiger partial charge in [0.15, 0.2) is 0 Å². The second-order valence-electron chi connectivity index (χ2n) is 4.85. The van der Waals surface area contributed by atoms with Crippen LogP contribution >= 0.6 is 11.3 Å². The van der Waals surface area contributed by atoms with Crippen molar-refractivity contribution in [3.63, 3.8) is 0 Å². The van der Waals surface area contributed by atoms with Gasteiger partial charge in [0.1, 0.15) is 0 Å². The van der Waals surface area contributed by atoms with Crippen LogP contribution in [-0.2, 0) is 6.54 Å². The molecule has 0 unspecified atom stereocenters. The van der Waals surface area contributed by atoms with Crippen LogP contribution in [0.5, 0.6) is 0 Å². The summed E-state index contributed by atoms with van der Waals surface area (Å²) >= 11 is 1.83. The fourth-order valence-electron chi connectivity index (χ4n) is 1.63. The van der Waals surface area contributed by atoms with E-state index in [1.165, 1.54) is 15.6 Å². The predicted octanol–water partition coefficient (Wildman–Crippen LogP) is 4.18. The summed E-state index contributed by atoms with van der Waals surface area (Å²) in [7, 11) is 0. The molecule has 16 heavy (non-hydrogen) atoms. The first-order valence-corrected chi connectivity index (χ1v) is 6.70. The maximum absolute atomic E-state index is 3.61. The number of fused-ring (bicyclic) bond motifs is 1. The molecule has 0 fully saturated rings. The minimum Gasteiger partial charge on any atom is -0.308 e. The number of hydrogen-bond acceptors (Lipinski definition) is 2. The Morgan fingerprint density at radius 1 is 1.25 bits per heavy atom. The molecule has 0 bridgehead atoms. The van der Waals surface area contributed by atoms with Crippen molar-refractivity contribution in [2.45, 2.75) is 39.3 Å². The van der Waals surface area contributed by atoms with Crippen LogP contribution in [0.25, 0.3) is 10.1 Å². The first-order chi connectivity index (χ1) is 7.62. The van der Waals surface area contributed by atoms with E-state index in [0.29, 0.717) is 0 Å². The summed E-state index contributed by atoms with van der Waals surface area (Å²) < 4.78 is 1.38. The van der Waals surface area contributed by atoms with Gasteiger partial charge >= 0.3 is 0 Å². The molecule has 0 amide bonds. The van der Waals surface area contributed by atoms with Gasteiger partial charge in [0, 0.05) is 16.8 Å². The molecular weight excluding hydrogens is 214 g/mol. The number of benzene rings is 1. The van der Waals surface area contributed by atoms with Crippen LogP contribution in [0.2, 0.25) is 0 Å². The molecule has 0 spiro atoms. The van der Waals surface area contributed by atoms with Crippen LogP contribution in [0.4, 0.5) is 0 Å². The maximum Gasteiger partial charge on any atom is 0.0346 e. The van der Waals surface area contributed by atoms with E-state index in [2.05, 4.69) is 55.7 Å². The smallest absolute Gasteiger partial charge is 0.0346 e. The van der Waals surface area contributed by atoms with Crippen LogP contribution in [0.15, 0.2) is 29.6 Å². The van der Waals surface area contributed by atoms with Gasteiger partial charge in [-0.3, -0.25) is 0 Å². The standard InChI is InChI=1S/C14H19NS/c1-4-14(2,3)15-9-11-10-16-13-8-6-5-7-12(11)13/h5-8,10,15H,4,9H2,1-3H3. The Balaban J connectivity index is 2.16. The second kappa shape index (κ2) is 4.56. The zero-order chi connectivity index (χ0) is 11.6. The van der Waals surface area contributed by atoms with E-state index in [4.69, 9.17) is 0 Å². The summed E-state index contributed by atoms with van der Waals surface area (Å²) in [5.74, 6) is 0. The van der Waals surface area contributed by atoms with Crippen molar-refractivity contribution in [2.75, 3.05) is 0 Å². The Morgan fingerprint density at radius 3 is 2.75 bits per heavy atom. The Labute approximate surface area is 101 Å². The highest BCUT2D eigenvalue weighted by molar-refractivity contribution is 7.17. The normalized spacial score (nSPS) is 12.2. The lowest BCUT2D eigenvalue weighted by Crippen LogP contribution is -2.37. The van der Waals surface area contributed by atoms with Crippen LogP contribution in [0.1, 0.15) is 32.8 Å². The van der Waals surface area contributed by atoms with E-state index in [1.54, 1.807) is 0 Å². The number of nitrogens with one attached hydrogen (secondary N) is 1. The van der Waals surface area contributed by atoms with Gasteiger partial charge < -0.3 is 5.32 Å². The van der Waals surface area contributed by atoms with E-state index in [9.17, 15) is 0 Å². The van der Waals surface area contributed by atoms with Crippen LogP contribution in [-0.4, -0.2) is 5.54 Å². The fourth-order valence-corrected chi connectivity index (χ4v) is 2.59. The first-order valence-electron chi connectivity index (χ1n) is 5.82. The summed E-state index contributed by atoms with van der Waals surface area (Å²) in [5, 5.41) is 7.27. The van der Waals surface area contributed by atoms with Gasteiger partial charge in [-0.05, 0) is 42.7 Å². The summed E-state index contributed by atoms with van der Waals surface area (Å²) in [6, 6.07) is 8.62. The molecule has 1 heterocycles. The van der Waals surface area contributed by atoms with Crippen LogP contribution in [0, 0.1) is 0 Å². The monoisotopic (exact) mass is 233 g/mol. The molecule has 2 aromatic rings. The van der Waals surface area contributed by atoms with Crippen molar-refractivity contribution >= 4 is 21.4 Å². The van der Waals surface area contributed by atoms with Gasteiger partial charge in [-0.1, -0.05) is 25.1 Å². The zero-order valence-corrected chi connectivity index (χ0v) is 11.0. The predicted molar refractivity (Wildman–Crippen MR) is 73.0 cm³/mol. The Morgan fingerprint density at radius 2 is 2.00 bits per heavy atom. The molecule has 2 heteroatoms. The summed E-state index contributed by atoms with van der Waals surface area (Å²) in [6.07, 6.45) is 1.15. The highest BCUT2D eigenvalue weighted by Crippen LogP contribution is 2.25. The highest BCUT2D eigenvalue weighted by Gasteiger charge is 2.14. The number of thiophene rings is 1. The third-order valence-electron chi connectivity index (χ3n) is 3.20. The quantitative estimate of drug-likeness (QED) is 0.835. The molecule has 0 saturated heterocycles. The molecule has 1 nitrogen and oxygen atoms in total. The lowest BCUT2D eigenvalue weighted by atomic mass is 10.0. The summed E-state index contributed by atoms with van der Waals surface area (Å²) in [4.78, 5) is 0. The van der Waals surface area contributed by atoms with Gasteiger partial charge in [-0.25, -0.2) is 0 Å². The van der Waals surface area contributed by atoms with Crippen molar-refractivity contribution in [1.82, 2.24) is 5.32 Å². The minimum absolute atomic E-state index is 0.225. The Bertz CT molecular complexity index is 470. The highest BCUT2D eigenvalue weighted by atomic mass is 32.1. The van der Waals surface area contributed by atoms with Crippen LogP contribution in [0.3, 0.4) is 0 Å². The van der Waals surface area contributed by atoms with Gasteiger partial charge in [0.05, 0.1) is 0 Å². The van der Waals surface area contributed by atoms with Gasteiger partial charge in [-0.15, -0.1) is 11.3 Å². The van der Waals surface area contributed by atoms with E-state index in [0.717, 1.165) is 13.0 Å². The summed E-state index contributed by atoms with van der Waals surface area (Å²) in [6.45, 7) is 7.69. The SMILES string of the molecule is CCC(C)(C)NCc1csc2ccccc12. The maximum atomic E-state index is 3.61. The molecule has 0 aliphatic heterocycles. The lowest BCUT2D eigenvalue weighted by molar-refractivity contribution is 0.375. The minimum atomic E-state index is 0.225. The first kappa shape index (κ1) is 11.6. The molecule has 86 valence electrons. The second-order valence-corrected chi connectivity index (χ2v) is 5.76. The lowest BCUT2D eigenvalue weighted by Gasteiger charge is -2.24. The van der Waals surface area contributed by atoms with E-state index in [1.807, 2.05) is 11.3 Å². The van der Waals surface area contributed by atoms with E-state index in [-0.39, 0.29) is 5.54 Å². The molecule has 0 aliphatic carbocycles. The zero-order valence-electron chi connectivity index (χ0n) is 10.2. The van der Waals surface area contributed by atoms with Crippen molar-refractivity contribution in [2.24, 2.45) is 0 Å². The van der Waals surface area contributed by atoms with Gasteiger partial charge in [0.2, 0.25) is 0 Å². The Hall–Kier alpha value is -0.860. The molecule has 2 rings (SSSR count). The third kappa shape index (κ3) is 2.45. The van der Waals surface area contributed by atoms with E-state index >= 15 is 0 Å². The Kier molecular flexibility index (Phi) is 3.31. The molecule has 0 radical (unpaired) electrons. The topological polar surface area (TPSA) is 12.0 Å². The molecular formula is C14H19NS. The van der Waals surface area contributed by atoms with Crippen LogP contribution < -0.4 is 5.32 Å². The third-order valence-corrected chi connectivity index (χ3v) is 4.21. The van der Waals surface area contributed by atoms with E-state index < -0.39 is 0 Å². The summed E-state index contributed by atoms with van der Waals surface area (Å²) in [5.41, 5.74) is 1.64. The molecule has 1 aromatic heterocycles. The van der Waals surface area contributed by atoms with Crippen molar-refractivity contribution < 1.29 is 0 Å². The van der Waals surface area contributed by atoms with Gasteiger partial charge in [-0.2, -0.15) is 0 Å². The molecule has 0 atom stereocenters. The van der Waals surface area contributed by atoms with Crippen molar-refractivity contribution in [1.29, 1.82) is 0 Å². The average Bonchev–Trinajstić information content (AvgIpc) is 2.70. The average molecular weight is 233 g/mol. The molecule has 1 N–H and O–H groups in total. The number of rotatable bonds is 4.